The SMILES string of the molecule is CCOC(=O)CCNC(C)c1ccc(-n2ccnc2)cc1. The summed E-state index contributed by atoms with van der Waals surface area (Å²) in [5.41, 5.74) is 2.26. The summed E-state index contributed by atoms with van der Waals surface area (Å²) in [6.07, 6.45) is 5.84. The van der Waals surface area contributed by atoms with Gasteiger partial charge in [0.1, 0.15) is 0 Å². The minimum atomic E-state index is -0.160. The number of carbonyl (C=O) groups excluding carboxylic acids is 1. The monoisotopic (exact) mass is 287 g/mol. The summed E-state index contributed by atoms with van der Waals surface area (Å²) in [6, 6.07) is 8.46. The first-order valence-electron chi connectivity index (χ1n) is 7.18. The Kier molecular flexibility index (Phi) is 5.51. The Morgan fingerprint density at radius 3 is 2.76 bits per heavy atom. The van der Waals surface area contributed by atoms with Crippen molar-refractivity contribution in [2.24, 2.45) is 0 Å². The minimum absolute atomic E-state index is 0.160. The number of nitrogens with zero attached hydrogens (tertiary/aromatic N) is 2. The van der Waals surface area contributed by atoms with Crippen molar-refractivity contribution < 1.29 is 9.53 Å². The van der Waals surface area contributed by atoms with Gasteiger partial charge in [-0.3, -0.25) is 4.79 Å². The first-order valence-corrected chi connectivity index (χ1v) is 7.18. The lowest BCUT2D eigenvalue weighted by atomic mass is 10.1. The Hall–Kier alpha value is -2.14. The van der Waals surface area contributed by atoms with E-state index in [-0.39, 0.29) is 12.0 Å². The molecule has 0 aliphatic rings. The van der Waals surface area contributed by atoms with Gasteiger partial charge in [-0.15, -0.1) is 0 Å². The van der Waals surface area contributed by atoms with E-state index >= 15 is 0 Å². The number of rotatable bonds is 7. The lowest BCUT2D eigenvalue weighted by molar-refractivity contribution is -0.143. The van der Waals surface area contributed by atoms with Crippen LogP contribution in [0.15, 0.2) is 43.0 Å². The molecule has 1 unspecified atom stereocenters. The average molecular weight is 287 g/mol. The highest BCUT2D eigenvalue weighted by Gasteiger charge is 2.07. The van der Waals surface area contributed by atoms with Gasteiger partial charge in [0, 0.05) is 30.7 Å². The molecule has 1 N–H and O–H groups in total. The fourth-order valence-corrected chi connectivity index (χ4v) is 2.09. The van der Waals surface area contributed by atoms with Crippen molar-refractivity contribution in [3.8, 4) is 5.69 Å². The summed E-state index contributed by atoms with van der Waals surface area (Å²) in [5.74, 6) is -0.160. The summed E-state index contributed by atoms with van der Waals surface area (Å²) in [6.45, 7) is 4.94. The summed E-state index contributed by atoms with van der Waals surface area (Å²) < 4.78 is 6.86. The highest BCUT2D eigenvalue weighted by molar-refractivity contribution is 5.69. The Bertz CT molecular complexity index is 549. The molecule has 0 saturated carbocycles. The van der Waals surface area contributed by atoms with Crippen molar-refractivity contribution in [2.75, 3.05) is 13.2 Å². The lowest BCUT2D eigenvalue weighted by Crippen LogP contribution is -2.22. The average Bonchev–Trinajstić information content (AvgIpc) is 3.02. The molecule has 5 nitrogen and oxygen atoms in total. The van der Waals surface area contributed by atoms with E-state index in [9.17, 15) is 4.79 Å². The molecule has 0 aliphatic heterocycles. The zero-order valence-corrected chi connectivity index (χ0v) is 12.5. The normalized spacial score (nSPS) is 12.1. The van der Waals surface area contributed by atoms with Gasteiger partial charge in [-0.05, 0) is 31.5 Å². The zero-order valence-electron chi connectivity index (χ0n) is 12.5. The summed E-state index contributed by atoms with van der Waals surface area (Å²) in [4.78, 5) is 15.3. The Balaban J connectivity index is 1.85. The van der Waals surface area contributed by atoms with Crippen molar-refractivity contribution in [2.45, 2.75) is 26.3 Å². The van der Waals surface area contributed by atoms with Crippen LogP contribution in [-0.4, -0.2) is 28.7 Å². The maximum atomic E-state index is 11.3. The van der Waals surface area contributed by atoms with Crippen molar-refractivity contribution >= 4 is 5.97 Å². The van der Waals surface area contributed by atoms with E-state index in [4.69, 9.17) is 4.74 Å². The Morgan fingerprint density at radius 2 is 2.14 bits per heavy atom. The second-order valence-corrected chi connectivity index (χ2v) is 4.79. The molecule has 112 valence electrons. The largest absolute Gasteiger partial charge is 0.466 e. The van der Waals surface area contributed by atoms with Crippen molar-refractivity contribution in [3.05, 3.63) is 48.5 Å². The van der Waals surface area contributed by atoms with E-state index in [0.717, 1.165) is 5.69 Å². The van der Waals surface area contributed by atoms with Crippen LogP contribution in [0.25, 0.3) is 5.69 Å². The van der Waals surface area contributed by atoms with Crippen molar-refractivity contribution in [3.63, 3.8) is 0 Å². The second kappa shape index (κ2) is 7.59. The first kappa shape index (κ1) is 15.3. The molecular formula is C16H21N3O2. The number of nitrogens with one attached hydrogen (secondary N) is 1. The molecule has 1 aromatic carbocycles. The van der Waals surface area contributed by atoms with Crippen LogP contribution >= 0.6 is 0 Å². The molecule has 21 heavy (non-hydrogen) atoms. The third-order valence-corrected chi connectivity index (χ3v) is 3.28. The smallest absolute Gasteiger partial charge is 0.307 e. The molecule has 0 radical (unpaired) electrons. The molecule has 0 fully saturated rings. The second-order valence-electron chi connectivity index (χ2n) is 4.79. The molecule has 0 spiro atoms. The topological polar surface area (TPSA) is 56.1 Å². The van der Waals surface area contributed by atoms with Gasteiger partial charge in [0.25, 0.3) is 0 Å². The number of imidazole rings is 1. The molecule has 2 aromatic rings. The van der Waals surface area contributed by atoms with Crippen molar-refractivity contribution in [1.29, 1.82) is 0 Å². The third-order valence-electron chi connectivity index (χ3n) is 3.28. The maximum Gasteiger partial charge on any atom is 0.307 e. The van der Waals surface area contributed by atoms with Gasteiger partial charge in [-0.1, -0.05) is 12.1 Å². The van der Waals surface area contributed by atoms with E-state index < -0.39 is 0 Å². The van der Waals surface area contributed by atoms with Gasteiger partial charge in [-0.25, -0.2) is 4.98 Å². The molecule has 2 rings (SSSR count). The summed E-state index contributed by atoms with van der Waals surface area (Å²) in [5, 5.41) is 3.32. The first-order chi connectivity index (χ1) is 10.2. The zero-order chi connectivity index (χ0) is 15.1. The van der Waals surface area contributed by atoms with Crippen LogP contribution in [-0.2, 0) is 9.53 Å². The van der Waals surface area contributed by atoms with Gasteiger partial charge in [0.15, 0.2) is 0 Å². The van der Waals surface area contributed by atoms with Crippen LogP contribution in [0.2, 0.25) is 0 Å². The highest BCUT2D eigenvalue weighted by Crippen LogP contribution is 2.15. The maximum absolute atomic E-state index is 11.3. The predicted octanol–water partition coefficient (Wildman–Crippen LogP) is 2.48. The van der Waals surface area contributed by atoms with E-state index in [1.54, 1.807) is 12.5 Å². The van der Waals surface area contributed by atoms with Gasteiger partial charge < -0.3 is 14.6 Å². The highest BCUT2D eigenvalue weighted by atomic mass is 16.5. The van der Waals surface area contributed by atoms with Crippen LogP contribution in [0.3, 0.4) is 0 Å². The molecule has 1 aromatic heterocycles. The minimum Gasteiger partial charge on any atom is -0.466 e. The quantitative estimate of drug-likeness (QED) is 0.795. The van der Waals surface area contributed by atoms with Gasteiger partial charge >= 0.3 is 5.97 Å². The number of carbonyl (C=O) groups is 1. The molecule has 1 atom stereocenters. The molecule has 1 heterocycles. The van der Waals surface area contributed by atoms with E-state index in [1.165, 1.54) is 5.56 Å². The predicted molar refractivity (Wildman–Crippen MR) is 81.2 cm³/mol. The molecule has 0 amide bonds. The summed E-state index contributed by atoms with van der Waals surface area (Å²) >= 11 is 0. The Morgan fingerprint density at radius 1 is 1.38 bits per heavy atom. The number of hydrogen-bond donors (Lipinski definition) is 1. The van der Waals surface area contributed by atoms with Crippen LogP contribution in [0.4, 0.5) is 0 Å². The van der Waals surface area contributed by atoms with Crippen molar-refractivity contribution in [1.82, 2.24) is 14.9 Å². The number of ether oxygens (including phenoxy) is 1. The lowest BCUT2D eigenvalue weighted by Gasteiger charge is -2.14. The number of hydrogen-bond acceptors (Lipinski definition) is 4. The number of benzene rings is 1. The summed E-state index contributed by atoms with van der Waals surface area (Å²) in [7, 11) is 0. The number of esters is 1. The molecule has 0 bridgehead atoms. The van der Waals surface area contributed by atoms with Gasteiger partial charge in [0.05, 0.1) is 19.4 Å². The van der Waals surface area contributed by atoms with Gasteiger partial charge in [0.2, 0.25) is 0 Å². The molecular weight excluding hydrogens is 266 g/mol. The third kappa shape index (κ3) is 4.43. The van der Waals surface area contributed by atoms with E-state index in [2.05, 4.69) is 41.5 Å². The van der Waals surface area contributed by atoms with E-state index in [0.29, 0.717) is 19.6 Å². The van der Waals surface area contributed by atoms with Crippen LogP contribution in [0.5, 0.6) is 0 Å². The van der Waals surface area contributed by atoms with E-state index in [1.807, 2.05) is 17.7 Å². The molecule has 5 heteroatoms. The fourth-order valence-electron chi connectivity index (χ4n) is 2.09. The number of aromatic nitrogens is 2. The van der Waals surface area contributed by atoms with Gasteiger partial charge in [-0.2, -0.15) is 0 Å². The molecule has 0 aliphatic carbocycles. The van der Waals surface area contributed by atoms with Crippen LogP contribution in [0, 0.1) is 0 Å². The molecule has 0 saturated heterocycles. The Labute approximate surface area is 125 Å². The standard InChI is InChI=1S/C16H21N3O2/c1-3-21-16(20)8-9-18-13(2)14-4-6-15(7-5-14)19-11-10-17-12-19/h4-7,10-13,18H,3,8-9H2,1-2H3. The fraction of sp³-hybridized carbons (Fsp3) is 0.375. The van der Waals surface area contributed by atoms with Crippen LogP contribution in [0.1, 0.15) is 31.9 Å². The van der Waals surface area contributed by atoms with Crippen LogP contribution < -0.4 is 5.32 Å².